The molecule has 0 aliphatic heterocycles. The van der Waals surface area contributed by atoms with Gasteiger partial charge in [0.05, 0.1) is 19.7 Å². The Morgan fingerprint density at radius 2 is 1.79 bits per heavy atom. The van der Waals surface area contributed by atoms with Gasteiger partial charge in [-0.3, -0.25) is 4.79 Å². The van der Waals surface area contributed by atoms with Crippen molar-refractivity contribution >= 4 is 26.9 Å². The normalized spacial score (nSPS) is 11.7. The van der Waals surface area contributed by atoms with Crippen LogP contribution in [0.3, 0.4) is 0 Å². The van der Waals surface area contributed by atoms with Gasteiger partial charge in [0.15, 0.2) is 11.5 Å². The van der Waals surface area contributed by atoms with Crippen molar-refractivity contribution in [2.75, 3.05) is 14.2 Å². The van der Waals surface area contributed by atoms with Gasteiger partial charge in [-0.05, 0) is 31.9 Å². The maximum Gasteiger partial charge on any atom is 0.303 e. The second-order valence-corrected chi connectivity index (χ2v) is 8.13. The molecular formula is C19H21NO7S. The maximum absolute atomic E-state index is 13.3. The van der Waals surface area contributed by atoms with E-state index in [0.29, 0.717) is 33.7 Å². The van der Waals surface area contributed by atoms with Crippen molar-refractivity contribution in [3.63, 3.8) is 0 Å². The third-order valence-corrected chi connectivity index (χ3v) is 6.28. The molecule has 2 aromatic heterocycles. The van der Waals surface area contributed by atoms with E-state index >= 15 is 0 Å². The van der Waals surface area contributed by atoms with Crippen LogP contribution in [-0.2, 0) is 21.2 Å². The van der Waals surface area contributed by atoms with Crippen LogP contribution in [0.25, 0.3) is 10.9 Å². The lowest BCUT2D eigenvalue weighted by atomic mass is 10.1. The Morgan fingerprint density at radius 3 is 2.32 bits per heavy atom. The summed E-state index contributed by atoms with van der Waals surface area (Å²) in [6.45, 7) is 3.26. The molecule has 28 heavy (non-hydrogen) atoms. The number of ether oxygens (including phenoxy) is 2. The largest absolute Gasteiger partial charge is 0.493 e. The van der Waals surface area contributed by atoms with E-state index in [1.807, 2.05) is 0 Å². The lowest BCUT2D eigenvalue weighted by Crippen LogP contribution is -2.12. The molecule has 0 spiro atoms. The molecule has 0 saturated carbocycles. The van der Waals surface area contributed by atoms with E-state index < -0.39 is 16.0 Å². The molecule has 1 aromatic carbocycles. The van der Waals surface area contributed by atoms with E-state index in [-0.39, 0.29) is 23.5 Å². The molecule has 1 N–H and O–H groups in total. The first kappa shape index (κ1) is 19.8. The number of furan rings is 1. The van der Waals surface area contributed by atoms with Crippen molar-refractivity contribution < 1.29 is 32.2 Å². The Bertz CT molecular complexity index is 1150. The number of hydrogen-bond donors (Lipinski definition) is 1. The van der Waals surface area contributed by atoms with E-state index in [1.54, 1.807) is 26.0 Å². The Labute approximate surface area is 162 Å². The average Bonchev–Trinajstić information content (AvgIpc) is 3.18. The highest BCUT2D eigenvalue weighted by molar-refractivity contribution is 7.90. The first-order valence-electron chi connectivity index (χ1n) is 8.49. The molecule has 0 radical (unpaired) electrons. The number of fused-ring (bicyclic) bond motifs is 1. The van der Waals surface area contributed by atoms with Crippen molar-refractivity contribution in [2.24, 2.45) is 0 Å². The van der Waals surface area contributed by atoms with Crippen LogP contribution in [-0.4, -0.2) is 37.7 Å². The summed E-state index contributed by atoms with van der Waals surface area (Å²) >= 11 is 0. The van der Waals surface area contributed by atoms with Gasteiger partial charge in [-0.2, -0.15) is 0 Å². The van der Waals surface area contributed by atoms with Crippen LogP contribution in [0.4, 0.5) is 0 Å². The highest BCUT2D eigenvalue weighted by Gasteiger charge is 2.26. The number of rotatable bonds is 7. The number of benzene rings is 1. The van der Waals surface area contributed by atoms with E-state index in [1.165, 1.54) is 26.5 Å². The second kappa shape index (κ2) is 7.23. The summed E-state index contributed by atoms with van der Waals surface area (Å²) in [5.41, 5.74) is 0.955. The number of aryl methyl sites for hydroxylation is 3. The number of aromatic nitrogens is 1. The topological polar surface area (TPSA) is 108 Å². The molecule has 0 amide bonds. The molecule has 150 valence electrons. The number of carbonyl (C=O) groups is 1. The molecule has 9 heteroatoms. The van der Waals surface area contributed by atoms with Crippen molar-refractivity contribution in [3.05, 3.63) is 41.5 Å². The van der Waals surface area contributed by atoms with Crippen molar-refractivity contribution in [2.45, 2.75) is 31.6 Å². The smallest absolute Gasteiger partial charge is 0.303 e. The molecule has 2 heterocycles. The molecule has 0 bridgehead atoms. The van der Waals surface area contributed by atoms with Crippen LogP contribution in [0.5, 0.6) is 11.5 Å². The first-order valence-corrected chi connectivity index (χ1v) is 9.93. The summed E-state index contributed by atoms with van der Waals surface area (Å²) in [5, 5.41) is 9.62. The molecule has 3 rings (SSSR count). The third kappa shape index (κ3) is 3.33. The molecule has 8 nitrogen and oxygen atoms in total. The molecule has 0 aliphatic rings. The van der Waals surface area contributed by atoms with Crippen LogP contribution in [0.2, 0.25) is 0 Å². The number of aliphatic carboxylic acids is 1. The zero-order valence-corrected chi connectivity index (χ0v) is 16.8. The summed E-state index contributed by atoms with van der Waals surface area (Å²) in [6.07, 6.45) is 1.49. The van der Waals surface area contributed by atoms with Gasteiger partial charge < -0.3 is 19.0 Å². The Kier molecular flexibility index (Phi) is 5.12. The van der Waals surface area contributed by atoms with E-state index in [2.05, 4.69) is 0 Å². The highest BCUT2D eigenvalue weighted by atomic mass is 32.2. The van der Waals surface area contributed by atoms with E-state index in [0.717, 1.165) is 3.97 Å². The molecule has 0 atom stereocenters. The first-order chi connectivity index (χ1) is 13.2. The minimum Gasteiger partial charge on any atom is -0.493 e. The zero-order chi connectivity index (χ0) is 20.6. The van der Waals surface area contributed by atoms with Gasteiger partial charge in [-0.15, -0.1) is 0 Å². The predicted molar refractivity (Wildman–Crippen MR) is 102 cm³/mol. The van der Waals surface area contributed by atoms with Gasteiger partial charge in [-0.25, -0.2) is 12.4 Å². The summed E-state index contributed by atoms with van der Waals surface area (Å²) in [4.78, 5) is 11.1. The van der Waals surface area contributed by atoms with E-state index in [4.69, 9.17) is 19.0 Å². The monoisotopic (exact) mass is 407 g/mol. The van der Waals surface area contributed by atoms with Gasteiger partial charge >= 0.3 is 5.97 Å². The molecule has 0 unspecified atom stereocenters. The van der Waals surface area contributed by atoms with Gasteiger partial charge in [0.25, 0.3) is 10.0 Å². The number of hydrogen-bond acceptors (Lipinski definition) is 6. The SMILES string of the molecule is COc1cc2c(CCC(=O)O)cn(S(=O)(=O)c3cc(C)oc3C)c2cc1OC. The minimum absolute atomic E-state index is 0.0569. The third-order valence-electron chi connectivity index (χ3n) is 4.50. The van der Waals surface area contributed by atoms with Crippen LogP contribution >= 0.6 is 0 Å². The lowest BCUT2D eigenvalue weighted by Gasteiger charge is -2.10. The van der Waals surface area contributed by atoms with E-state index in [9.17, 15) is 13.2 Å². The van der Waals surface area contributed by atoms with Crippen molar-refractivity contribution in [3.8, 4) is 11.5 Å². The van der Waals surface area contributed by atoms with Gasteiger partial charge in [0.2, 0.25) is 0 Å². The number of carboxylic acid groups (broad SMARTS) is 1. The second-order valence-electron chi connectivity index (χ2n) is 6.35. The molecule has 0 saturated heterocycles. The van der Waals surface area contributed by atoms with Crippen LogP contribution in [0.15, 0.2) is 33.7 Å². The van der Waals surface area contributed by atoms with Gasteiger partial charge in [0.1, 0.15) is 16.4 Å². The van der Waals surface area contributed by atoms with Crippen LogP contribution < -0.4 is 9.47 Å². The summed E-state index contributed by atoms with van der Waals surface area (Å²) in [5.74, 6) is 0.599. The Balaban J connectivity index is 2.29. The standard InChI is InChI=1S/C19H21NO7S/c1-11-7-18(12(2)27-11)28(23,24)20-10-13(5-6-19(21)22)14-8-16(25-3)17(26-4)9-15(14)20/h7-10H,5-6H2,1-4H3,(H,21,22). The molecule has 0 fully saturated rings. The fourth-order valence-corrected chi connectivity index (χ4v) is 4.81. The quantitative estimate of drug-likeness (QED) is 0.641. The molecule has 0 aliphatic carbocycles. The highest BCUT2D eigenvalue weighted by Crippen LogP contribution is 2.37. The minimum atomic E-state index is -3.96. The fraction of sp³-hybridized carbons (Fsp3) is 0.316. The van der Waals surface area contributed by atoms with Crippen molar-refractivity contribution in [1.82, 2.24) is 3.97 Å². The Hall–Kier alpha value is -2.94. The number of methoxy groups -OCH3 is 2. The Morgan fingerprint density at radius 1 is 1.14 bits per heavy atom. The van der Waals surface area contributed by atoms with Gasteiger partial charge in [-0.1, -0.05) is 0 Å². The number of carboxylic acids is 1. The van der Waals surface area contributed by atoms with Crippen molar-refractivity contribution in [1.29, 1.82) is 0 Å². The summed E-state index contributed by atoms with van der Waals surface area (Å²) < 4.78 is 43.7. The van der Waals surface area contributed by atoms with Gasteiger partial charge in [0, 0.05) is 30.1 Å². The predicted octanol–water partition coefficient (Wildman–Crippen LogP) is 3.12. The average molecular weight is 407 g/mol. The van der Waals surface area contributed by atoms with Crippen LogP contribution in [0.1, 0.15) is 23.5 Å². The maximum atomic E-state index is 13.3. The molecule has 3 aromatic rings. The van der Waals surface area contributed by atoms with Crippen LogP contribution in [0, 0.1) is 13.8 Å². The fourth-order valence-electron chi connectivity index (χ4n) is 3.20. The summed E-state index contributed by atoms with van der Waals surface area (Å²) in [6, 6.07) is 4.69. The lowest BCUT2D eigenvalue weighted by molar-refractivity contribution is -0.136. The number of nitrogens with zero attached hydrogens (tertiary/aromatic N) is 1. The molecular weight excluding hydrogens is 386 g/mol. The zero-order valence-electron chi connectivity index (χ0n) is 16.0. The summed E-state index contributed by atoms with van der Waals surface area (Å²) in [7, 11) is -1.02.